The summed E-state index contributed by atoms with van der Waals surface area (Å²) < 4.78 is 5.37. The van der Waals surface area contributed by atoms with Gasteiger partial charge < -0.3 is 19.4 Å². The molecule has 1 fully saturated rings. The summed E-state index contributed by atoms with van der Waals surface area (Å²) in [5.41, 5.74) is 2.44. The van der Waals surface area contributed by atoms with E-state index in [2.05, 4.69) is 4.90 Å². The van der Waals surface area contributed by atoms with Crippen LogP contribution in [0.5, 0.6) is 0 Å². The maximum absolute atomic E-state index is 13.1. The van der Waals surface area contributed by atoms with Crippen LogP contribution in [0.25, 0.3) is 0 Å². The van der Waals surface area contributed by atoms with Crippen LogP contribution in [0.3, 0.4) is 0 Å². The molecule has 0 spiro atoms. The second-order valence-corrected chi connectivity index (χ2v) is 10.2. The van der Waals surface area contributed by atoms with Gasteiger partial charge in [0.15, 0.2) is 0 Å². The van der Waals surface area contributed by atoms with Gasteiger partial charge in [-0.05, 0) is 63.1 Å². The third-order valence-electron chi connectivity index (χ3n) is 5.48. The second-order valence-electron chi connectivity index (χ2n) is 9.39. The van der Waals surface area contributed by atoms with E-state index in [0.29, 0.717) is 29.7 Å². The lowest BCUT2D eigenvalue weighted by Gasteiger charge is -2.43. The summed E-state index contributed by atoms with van der Waals surface area (Å²) in [6, 6.07) is 13.6. The Morgan fingerprint density at radius 2 is 1.76 bits per heavy atom. The van der Waals surface area contributed by atoms with Gasteiger partial charge in [0.05, 0.1) is 16.8 Å². The van der Waals surface area contributed by atoms with Crippen LogP contribution in [-0.4, -0.2) is 60.6 Å². The van der Waals surface area contributed by atoms with E-state index in [1.807, 2.05) is 49.4 Å². The zero-order valence-electron chi connectivity index (χ0n) is 19.8. The molecule has 0 unspecified atom stereocenters. The van der Waals surface area contributed by atoms with E-state index in [4.69, 9.17) is 27.9 Å². The fourth-order valence-corrected chi connectivity index (χ4v) is 4.29. The first-order chi connectivity index (χ1) is 15.4. The molecular weight excluding hydrogens is 461 g/mol. The van der Waals surface area contributed by atoms with Crippen LogP contribution >= 0.6 is 23.2 Å². The fraction of sp³-hybridized carbons (Fsp3) is 0.440. The van der Waals surface area contributed by atoms with Crippen molar-refractivity contribution in [3.05, 3.63) is 63.6 Å². The van der Waals surface area contributed by atoms with E-state index in [9.17, 15) is 9.59 Å². The van der Waals surface area contributed by atoms with Crippen molar-refractivity contribution in [3.8, 4) is 0 Å². The van der Waals surface area contributed by atoms with Crippen molar-refractivity contribution >= 4 is 40.9 Å². The molecule has 1 atom stereocenters. The van der Waals surface area contributed by atoms with Gasteiger partial charge in [0.2, 0.25) is 5.91 Å². The van der Waals surface area contributed by atoms with Gasteiger partial charge in [0.1, 0.15) is 12.1 Å². The number of likely N-dealkylation sites (N-methyl/N-ethyl adjacent to an activating group) is 1. The molecule has 0 saturated carbocycles. The Morgan fingerprint density at radius 1 is 1.09 bits per heavy atom. The van der Waals surface area contributed by atoms with Crippen molar-refractivity contribution in [1.82, 2.24) is 9.80 Å². The maximum atomic E-state index is 13.1. The summed E-state index contributed by atoms with van der Waals surface area (Å²) in [6.45, 7) is 8.95. The molecule has 0 bridgehead atoms. The first-order valence-corrected chi connectivity index (χ1v) is 11.7. The van der Waals surface area contributed by atoms with E-state index in [-0.39, 0.29) is 18.5 Å². The predicted octanol–water partition coefficient (Wildman–Crippen LogP) is 5.56. The molecular formula is C25H31Cl2N3O3. The molecule has 2 amide bonds. The first-order valence-electron chi connectivity index (χ1n) is 10.9. The van der Waals surface area contributed by atoms with Gasteiger partial charge >= 0.3 is 6.09 Å². The Balaban J connectivity index is 1.80. The van der Waals surface area contributed by atoms with Crippen LogP contribution in [0, 0.1) is 6.92 Å². The Labute approximate surface area is 206 Å². The number of piperazine rings is 1. The second kappa shape index (κ2) is 10.2. The summed E-state index contributed by atoms with van der Waals surface area (Å²) >= 11 is 12.7. The highest BCUT2D eigenvalue weighted by Gasteiger charge is 2.33. The molecule has 1 aliphatic heterocycles. The average molecular weight is 492 g/mol. The molecule has 0 aromatic heterocycles. The molecule has 178 valence electrons. The lowest BCUT2D eigenvalue weighted by atomic mass is 10.0. The Kier molecular flexibility index (Phi) is 7.80. The highest BCUT2D eigenvalue weighted by atomic mass is 35.5. The van der Waals surface area contributed by atoms with Crippen LogP contribution in [0.15, 0.2) is 42.5 Å². The molecule has 8 heteroatoms. The monoisotopic (exact) mass is 491 g/mol. The van der Waals surface area contributed by atoms with Gasteiger partial charge in [-0.1, -0.05) is 41.4 Å². The number of anilines is 1. The number of nitrogens with zero attached hydrogens (tertiary/aromatic N) is 3. The quantitative estimate of drug-likeness (QED) is 0.561. The standard InChI is InChI=1S/C25H31Cl2N3O3/c1-17-6-11-21(20(27)14-17)30-13-12-29(15-22(30)18-7-9-19(26)10-8-18)23(31)16-28(5)24(32)33-25(2,3)4/h6-11,14,22H,12-13,15-16H2,1-5H3/t22-/m0/s1. The summed E-state index contributed by atoms with van der Waals surface area (Å²) in [5.74, 6) is -0.128. The number of carbonyl (C=O) groups is 2. The van der Waals surface area contributed by atoms with Crippen molar-refractivity contribution in [3.63, 3.8) is 0 Å². The summed E-state index contributed by atoms with van der Waals surface area (Å²) in [4.78, 5) is 30.7. The zero-order chi connectivity index (χ0) is 24.3. The molecule has 6 nitrogen and oxygen atoms in total. The number of benzene rings is 2. The van der Waals surface area contributed by atoms with E-state index >= 15 is 0 Å². The molecule has 1 saturated heterocycles. The number of halogens is 2. The van der Waals surface area contributed by atoms with Crippen LogP contribution < -0.4 is 4.90 Å². The minimum atomic E-state index is -0.618. The third-order valence-corrected chi connectivity index (χ3v) is 6.03. The Hall–Kier alpha value is -2.44. The third kappa shape index (κ3) is 6.55. The molecule has 3 rings (SSSR count). The minimum Gasteiger partial charge on any atom is -0.444 e. The van der Waals surface area contributed by atoms with Gasteiger partial charge in [-0.2, -0.15) is 0 Å². The molecule has 2 aromatic carbocycles. The van der Waals surface area contributed by atoms with E-state index < -0.39 is 11.7 Å². The smallest absolute Gasteiger partial charge is 0.410 e. The number of ether oxygens (including phenoxy) is 1. The number of aryl methyl sites for hydroxylation is 1. The molecule has 2 aromatic rings. The van der Waals surface area contributed by atoms with Crippen LogP contribution in [0.4, 0.5) is 10.5 Å². The van der Waals surface area contributed by atoms with Crippen molar-refractivity contribution in [2.75, 3.05) is 38.1 Å². The topological polar surface area (TPSA) is 53.1 Å². The number of amides is 2. The Bertz CT molecular complexity index is 1000. The number of hydrogen-bond acceptors (Lipinski definition) is 4. The maximum Gasteiger partial charge on any atom is 0.410 e. The zero-order valence-corrected chi connectivity index (χ0v) is 21.3. The lowest BCUT2D eigenvalue weighted by Crippen LogP contribution is -2.53. The van der Waals surface area contributed by atoms with Gasteiger partial charge in [-0.3, -0.25) is 4.79 Å². The normalized spacial score (nSPS) is 16.5. The highest BCUT2D eigenvalue weighted by Crippen LogP contribution is 2.36. The van der Waals surface area contributed by atoms with E-state index in [1.54, 1.807) is 32.7 Å². The van der Waals surface area contributed by atoms with Crippen LogP contribution in [0.2, 0.25) is 10.0 Å². The van der Waals surface area contributed by atoms with Gasteiger partial charge in [-0.15, -0.1) is 0 Å². The van der Waals surface area contributed by atoms with Gasteiger partial charge in [0.25, 0.3) is 0 Å². The van der Waals surface area contributed by atoms with Crippen molar-refractivity contribution in [2.45, 2.75) is 39.3 Å². The first kappa shape index (κ1) is 25.2. The fourth-order valence-electron chi connectivity index (χ4n) is 3.82. The summed E-state index contributed by atoms with van der Waals surface area (Å²) in [6.07, 6.45) is -0.518. The number of rotatable bonds is 4. The van der Waals surface area contributed by atoms with E-state index in [1.165, 1.54) is 4.90 Å². The molecule has 33 heavy (non-hydrogen) atoms. The molecule has 0 N–H and O–H groups in total. The van der Waals surface area contributed by atoms with Crippen LogP contribution in [0.1, 0.15) is 37.9 Å². The lowest BCUT2D eigenvalue weighted by molar-refractivity contribution is -0.133. The van der Waals surface area contributed by atoms with Gasteiger partial charge in [-0.25, -0.2) is 4.79 Å². The largest absolute Gasteiger partial charge is 0.444 e. The van der Waals surface area contributed by atoms with Crippen molar-refractivity contribution < 1.29 is 14.3 Å². The minimum absolute atomic E-state index is 0.0481. The van der Waals surface area contributed by atoms with Gasteiger partial charge in [0, 0.05) is 31.7 Å². The van der Waals surface area contributed by atoms with Crippen molar-refractivity contribution in [1.29, 1.82) is 0 Å². The molecule has 0 radical (unpaired) electrons. The van der Waals surface area contributed by atoms with E-state index in [0.717, 1.165) is 16.8 Å². The predicted molar refractivity (Wildman–Crippen MR) is 133 cm³/mol. The number of hydrogen-bond donors (Lipinski definition) is 0. The average Bonchev–Trinajstić information content (AvgIpc) is 2.73. The molecule has 1 heterocycles. The van der Waals surface area contributed by atoms with Crippen LogP contribution in [-0.2, 0) is 9.53 Å². The Morgan fingerprint density at radius 3 is 2.36 bits per heavy atom. The summed E-state index contributed by atoms with van der Waals surface area (Å²) in [5, 5.41) is 1.33. The SMILES string of the molecule is Cc1ccc(N2CCN(C(=O)CN(C)C(=O)OC(C)(C)C)C[C@H]2c2ccc(Cl)cc2)c(Cl)c1. The number of carbonyl (C=O) groups excluding carboxylic acids is 2. The molecule has 1 aliphatic rings. The highest BCUT2D eigenvalue weighted by molar-refractivity contribution is 6.33. The molecule has 0 aliphatic carbocycles. The van der Waals surface area contributed by atoms with Crippen molar-refractivity contribution in [2.24, 2.45) is 0 Å². The summed E-state index contributed by atoms with van der Waals surface area (Å²) in [7, 11) is 1.57.